The third kappa shape index (κ3) is 7.68. The zero-order valence-electron chi connectivity index (χ0n) is 21.3. The van der Waals surface area contributed by atoms with Crippen LogP contribution in [0.3, 0.4) is 0 Å². The van der Waals surface area contributed by atoms with E-state index in [-0.39, 0.29) is 11.9 Å². The number of piperazine rings is 1. The van der Waals surface area contributed by atoms with Crippen LogP contribution in [0.5, 0.6) is 0 Å². The Morgan fingerprint density at radius 2 is 1.51 bits per heavy atom. The minimum Gasteiger partial charge on any atom is -0.378 e. The first-order chi connectivity index (χ1) is 16.7. The van der Waals surface area contributed by atoms with Gasteiger partial charge in [-0.05, 0) is 54.3 Å². The van der Waals surface area contributed by atoms with Gasteiger partial charge in [0.25, 0.3) is 0 Å². The molecule has 0 saturated carbocycles. The van der Waals surface area contributed by atoms with Gasteiger partial charge in [-0.15, -0.1) is 0 Å². The highest BCUT2D eigenvalue weighted by molar-refractivity contribution is 6.35. The van der Waals surface area contributed by atoms with Gasteiger partial charge in [-0.25, -0.2) is 4.39 Å². The Balaban J connectivity index is 1.66. The number of benzene rings is 2. The lowest BCUT2D eigenvalue weighted by Gasteiger charge is -2.40. The second-order valence-corrected chi connectivity index (χ2v) is 9.65. The van der Waals surface area contributed by atoms with Crippen LogP contribution in [0, 0.1) is 11.7 Å². The Morgan fingerprint density at radius 3 is 2.09 bits per heavy atom. The van der Waals surface area contributed by atoms with Crippen molar-refractivity contribution in [2.45, 2.75) is 26.3 Å². The van der Waals surface area contributed by atoms with Crippen molar-refractivity contribution in [3.05, 3.63) is 59.9 Å². The fourth-order valence-electron chi connectivity index (χ4n) is 4.22. The van der Waals surface area contributed by atoms with Gasteiger partial charge in [0, 0.05) is 64.7 Å². The van der Waals surface area contributed by atoms with Crippen molar-refractivity contribution < 1.29 is 14.0 Å². The normalized spacial score (nSPS) is 15.1. The first kappa shape index (κ1) is 26.5. The average Bonchev–Trinajstić information content (AvgIpc) is 2.85. The van der Waals surface area contributed by atoms with E-state index < -0.39 is 11.8 Å². The first-order valence-electron chi connectivity index (χ1n) is 12.3. The Kier molecular flexibility index (Phi) is 9.48. The number of anilines is 2. The smallest absolute Gasteiger partial charge is 0.309 e. The van der Waals surface area contributed by atoms with Crippen molar-refractivity contribution in [1.29, 1.82) is 0 Å². The Hall–Kier alpha value is -3.13. The SMILES string of the molecule is CC(C)CCNC(=O)C(=O)NCC(c1ccc(N(C)C)cc1)N1CCN(c2ccc(F)cc2)CC1. The monoisotopic (exact) mass is 483 g/mol. The van der Waals surface area contributed by atoms with Crippen LogP contribution in [0.4, 0.5) is 15.8 Å². The van der Waals surface area contributed by atoms with Crippen molar-refractivity contribution in [3.63, 3.8) is 0 Å². The van der Waals surface area contributed by atoms with E-state index in [9.17, 15) is 14.0 Å². The lowest BCUT2D eigenvalue weighted by molar-refractivity contribution is -0.139. The van der Waals surface area contributed by atoms with E-state index in [1.807, 2.05) is 19.0 Å². The van der Waals surface area contributed by atoms with Gasteiger partial charge in [0.1, 0.15) is 5.82 Å². The second-order valence-electron chi connectivity index (χ2n) is 9.65. The maximum Gasteiger partial charge on any atom is 0.309 e. The second kappa shape index (κ2) is 12.5. The molecule has 3 rings (SSSR count). The summed E-state index contributed by atoms with van der Waals surface area (Å²) in [6.45, 7) is 8.15. The highest BCUT2D eigenvalue weighted by Crippen LogP contribution is 2.26. The van der Waals surface area contributed by atoms with Gasteiger partial charge in [-0.1, -0.05) is 26.0 Å². The molecular formula is C27H38FN5O2. The molecule has 2 amide bonds. The van der Waals surface area contributed by atoms with Gasteiger partial charge < -0.3 is 20.4 Å². The molecule has 2 aromatic carbocycles. The number of amides is 2. The highest BCUT2D eigenvalue weighted by atomic mass is 19.1. The summed E-state index contributed by atoms with van der Waals surface area (Å²) in [5, 5.41) is 5.55. The fraction of sp³-hybridized carbons (Fsp3) is 0.481. The molecule has 0 radical (unpaired) electrons. The minimum atomic E-state index is -0.603. The van der Waals surface area contributed by atoms with Crippen LogP contribution < -0.4 is 20.4 Å². The summed E-state index contributed by atoms with van der Waals surface area (Å²) < 4.78 is 13.3. The summed E-state index contributed by atoms with van der Waals surface area (Å²) in [4.78, 5) is 31.3. The first-order valence-corrected chi connectivity index (χ1v) is 12.3. The number of carbonyl (C=O) groups is 2. The van der Waals surface area contributed by atoms with E-state index in [4.69, 9.17) is 0 Å². The summed E-state index contributed by atoms with van der Waals surface area (Å²) in [6.07, 6.45) is 0.832. The minimum absolute atomic E-state index is 0.0611. The van der Waals surface area contributed by atoms with Crippen LogP contribution in [-0.4, -0.2) is 70.1 Å². The molecule has 2 N–H and O–H groups in total. The number of rotatable bonds is 9. The number of hydrogen-bond acceptors (Lipinski definition) is 5. The largest absolute Gasteiger partial charge is 0.378 e. The fourth-order valence-corrected chi connectivity index (χ4v) is 4.22. The van der Waals surface area contributed by atoms with Crippen LogP contribution in [-0.2, 0) is 9.59 Å². The molecule has 0 spiro atoms. The Morgan fingerprint density at radius 1 is 0.914 bits per heavy atom. The van der Waals surface area contributed by atoms with Gasteiger partial charge in [-0.2, -0.15) is 0 Å². The molecule has 1 atom stereocenters. The van der Waals surface area contributed by atoms with E-state index in [1.165, 1.54) is 12.1 Å². The summed E-state index contributed by atoms with van der Waals surface area (Å²) in [5.41, 5.74) is 3.19. The molecule has 0 aliphatic carbocycles. The van der Waals surface area contributed by atoms with E-state index >= 15 is 0 Å². The molecule has 2 aromatic rings. The number of nitrogens with zero attached hydrogens (tertiary/aromatic N) is 3. The molecule has 0 bridgehead atoms. The Bertz CT molecular complexity index is 955. The molecular weight excluding hydrogens is 445 g/mol. The van der Waals surface area contributed by atoms with E-state index in [0.29, 0.717) is 19.0 Å². The molecule has 7 nitrogen and oxygen atoms in total. The van der Waals surface area contributed by atoms with E-state index in [2.05, 4.69) is 58.5 Å². The third-order valence-electron chi connectivity index (χ3n) is 6.41. The number of hydrogen-bond donors (Lipinski definition) is 2. The lowest BCUT2D eigenvalue weighted by atomic mass is 10.0. The van der Waals surface area contributed by atoms with Gasteiger partial charge in [0.15, 0.2) is 0 Å². The van der Waals surface area contributed by atoms with E-state index in [1.54, 1.807) is 12.1 Å². The van der Waals surface area contributed by atoms with Crippen LogP contribution in [0.15, 0.2) is 48.5 Å². The molecule has 190 valence electrons. The van der Waals surface area contributed by atoms with Crippen molar-refractivity contribution >= 4 is 23.2 Å². The maximum absolute atomic E-state index is 13.3. The zero-order chi connectivity index (χ0) is 25.4. The molecule has 1 unspecified atom stereocenters. The topological polar surface area (TPSA) is 67.9 Å². The molecule has 1 saturated heterocycles. The number of nitrogens with one attached hydrogen (secondary N) is 2. The van der Waals surface area contributed by atoms with Gasteiger partial charge >= 0.3 is 11.8 Å². The lowest BCUT2D eigenvalue weighted by Crippen LogP contribution is -2.51. The highest BCUT2D eigenvalue weighted by Gasteiger charge is 2.26. The summed E-state index contributed by atoms with van der Waals surface area (Å²) >= 11 is 0. The maximum atomic E-state index is 13.3. The Labute approximate surface area is 208 Å². The predicted molar refractivity (Wildman–Crippen MR) is 139 cm³/mol. The van der Waals surface area contributed by atoms with Gasteiger partial charge in [-0.3, -0.25) is 14.5 Å². The molecule has 1 aliphatic rings. The van der Waals surface area contributed by atoms with Crippen LogP contribution >= 0.6 is 0 Å². The van der Waals surface area contributed by atoms with Gasteiger partial charge in [0.05, 0.1) is 6.04 Å². The van der Waals surface area contributed by atoms with E-state index in [0.717, 1.165) is 49.5 Å². The summed E-state index contributed by atoms with van der Waals surface area (Å²) in [7, 11) is 4.00. The molecule has 1 fully saturated rings. The molecule has 1 aliphatic heterocycles. The quantitative estimate of drug-likeness (QED) is 0.537. The average molecular weight is 484 g/mol. The summed E-state index contributed by atoms with van der Waals surface area (Å²) in [5.74, 6) is -0.971. The third-order valence-corrected chi connectivity index (χ3v) is 6.41. The molecule has 8 heteroatoms. The number of halogens is 1. The molecule has 1 heterocycles. The summed E-state index contributed by atoms with van der Waals surface area (Å²) in [6, 6.07) is 14.8. The van der Waals surface area contributed by atoms with Crippen LogP contribution in [0.25, 0.3) is 0 Å². The van der Waals surface area contributed by atoms with Crippen molar-refractivity contribution in [3.8, 4) is 0 Å². The van der Waals surface area contributed by atoms with Crippen LogP contribution in [0.1, 0.15) is 31.9 Å². The molecule has 35 heavy (non-hydrogen) atoms. The van der Waals surface area contributed by atoms with Crippen molar-refractivity contribution in [1.82, 2.24) is 15.5 Å². The predicted octanol–water partition coefficient (Wildman–Crippen LogP) is 3.03. The van der Waals surface area contributed by atoms with Crippen LogP contribution in [0.2, 0.25) is 0 Å². The number of carbonyl (C=O) groups excluding carboxylic acids is 2. The standard InChI is InChI=1S/C27H38FN5O2/c1-20(2)13-14-29-26(34)27(35)30-19-25(21-5-9-23(10-6-21)31(3)4)33-17-15-32(16-18-33)24-11-7-22(28)8-12-24/h5-12,20,25H,13-19H2,1-4H3,(H,29,34)(H,30,35). The van der Waals surface area contributed by atoms with Crippen molar-refractivity contribution in [2.24, 2.45) is 5.92 Å². The molecule has 0 aromatic heterocycles. The van der Waals surface area contributed by atoms with Crippen molar-refractivity contribution in [2.75, 3.05) is 63.2 Å². The zero-order valence-corrected chi connectivity index (χ0v) is 21.3. The van der Waals surface area contributed by atoms with Gasteiger partial charge in [0.2, 0.25) is 0 Å².